The Morgan fingerprint density at radius 2 is 1.86 bits per heavy atom. The van der Waals surface area contributed by atoms with Crippen molar-refractivity contribution in [3.8, 4) is 11.5 Å². The molecule has 0 atom stereocenters. The predicted molar refractivity (Wildman–Crippen MR) is 105 cm³/mol. The molecule has 2 aromatic carbocycles. The maximum absolute atomic E-state index is 12.7. The van der Waals surface area contributed by atoms with Crippen LogP contribution in [0.15, 0.2) is 41.2 Å². The molecule has 144 valence electrons. The second kappa shape index (κ2) is 6.74. The zero-order valence-corrected chi connectivity index (χ0v) is 15.4. The van der Waals surface area contributed by atoms with Gasteiger partial charge in [-0.3, -0.25) is 9.36 Å². The molecule has 7 nitrogen and oxygen atoms in total. The maximum atomic E-state index is 12.7. The summed E-state index contributed by atoms with van der Waals surface area (Å²) >= 11 is 0. The van der Waals surface area contributed by atoms with Crippen LogP contribution in [-0.2, 0) is 0 Å². The van der Waals surface area contributed by atoms with E-state index in [1.807, 2.05) is 10.6 Å². The van der Waals surface area contributed by atoms with Gasteiger partial charge in [0.1, 0.15) is 0 Å². The van der Waals surface area contributed by atoms with E-state index >= 15 is 0 Å². The minimum Gasteiger partial charge on any atom is -0.454 e. The molecule has 0 radical (unpaired) electrons. The van der Waals surface area contributed by atoms with Crippen LogP contribution in [0.4, 0.5) is 5.69 Å². The summed E-state index contributed by atoms with van der Waals surface area (Å²) in [4.78, 5) is 28.1. The number of aromatic nitrogens is 2. The monoisotopic (exact) mass is 379 g/mol. The molecule has 0 spiro atoms. The van der Waals surface area contributed by atoms with E-state index in [-0.39, 0.29) is 24.4 Å². The van der Waals surface area contributed by atoms with Gasteiger partial charge in [0.05, 0.1) is 11.0 Å². The lowest BCUT2D eigenvalue weighted by molar-refractivity contribution is 0.102. The Kier molecular flexibility index (Phi) is 4.07. The highest BCUT2D eigenvalue weighted by Gasteiger charge is 2.21. The number of carbonyl (C=O) groups is 1. The van der Waals surface area contributed by atoms with Crippen LogP contribution in [0.2, 0.25) is 0 Å². The molecule has 1 amide bonds. The molecule has 1 aromatic heterocycles. The number of anilines is 1. The number of nitrogens with zero attached hydrogens (tertiary/aromatic N) is 1. The quantitative estimate of drug-likeness (QED) is 0.725. The summed E-state index contributed by atoms with van der Waals surface area (Å²) in [5, 5.41) is 2.86. The molecule has 2 heterocycles. The molecule has 7 heteroatoms. The Hall–Kier alpha value is -3.22. The van der Waals surface area contributed by atoms with Crippen LogP contribution in [0, 0.1) is 0 Å². The lowest BCUT2D eigenvalue weighted by Crippen LogP contribution is -2.23. The Morgan fingerprint density at radius 1 is 1.04 bits per heavy atom. The third-order valence-corrected chi connectivity index (χ3v) is 5.55. The van der Waals surface area contributed by atoms with E-state index in [1.165, 1.54) is 6.42 Å². The third-order valence-electron chi connectivity index (χ3n) is 5.55. The number of hydrogen-bond donors (Lipinski definition) is 2. The van der Waals surface area contributed by atoms with Crippen molar-refractivity contribution in [2.45, 2.75) is 38.1 Å². The van der Waals surface area contributed by atoms with Gasteiger partial charge in [0.25, 0.3) is 5.91 Å². The van der Waals surface area contributed by atoms with Gasteiger partial charge in [0.2, 0.25) is 6.79 Å². The lowest BCUT2D eigenvalue weighted by atomic mass is 9.95. The standard InChI is InChI=1S/C21H21N3O4/c25-20(22-14-7-9-18-19(11-14)28-12-27-18)13-6-8-17-16(10-13)23-21(26)24(17)15-4-2-1-3-5-15/h6-11,15H,1-5,12H2,(H,22,25)(H,23,26). The molecule has 2 N–H and O–H groups in total. The molecular weight excluding hydrogens is 358 g/mol. The number of hydrogen-bond acceptors (Lipinski definition) is 4. The van der Waals surface area contributed by atoms with Gasteiger partial charge in [0.15, 0.2) is 11.5 Å². The maximum Gasteiger partial charge on any atom is 0.326 e. The van der Waals surface area contributed by atoms with Crippen molar-refractivity contribution in [2.75, 3.05) is 12.1 Å². The first-order chi connectivity index (χ1) is 13.7. The van der Waals surface area contributed by atoms with Crippen molar-refractivity contribution in [1.82, 2.24) is 9.55 Å². The van der Waals surface area contributed by atoms with Gasteiger partial charge in [-0.25, -0.2) is 4.79 Å². The fourth-order valence-electron chi connectivity index (χ4n) is 4.15. The van der Waals surface area contributed by atoms with Crippen LogP contribution in [0.1, 0.15) is 48.5 Å². The van der Waals surface area contributed by atoms with E-state index in [0.717, 1.165) is 31.2 Å². The smallest absolute Gasteiger partial charge is 0.326 e. The number of rotatable bonds is 3. The second-order valence-electron chi connectivity index (χ2n) is 7.35. The average Bonchev–Trinajstić information content (AvgIpc) is 3.30. The minimum absolute atomic E-state index is 0.102. The van der Waals surface area contributed by atoms with Crippen LogP contribution >= 0.6 is 0 Å². The summed E-state index contributed by atoms with van der Waals surface area (Å²) in [6, 6.07) is 10.9. The third kappa shape index (κ3) is 2.93. The summed E-state index contributed by atoms with van der Waals surface area (Å²) in [7, 11) is 0. The van der Waals surface area contributed by atoms with Crippen molar-refractivity contribution in [3.63, 3.8) is 0 Å². The zero-order valence-electron chi connectivity index (χ0n) is 15.4. The molecule has 0 bridgehead atoms. The number of nitrogens with one attached hydrogen (secondary N) is 2. The van der Waals surface area contributed by atoms with Gasteiger partial charge in [-0.1, -0.05) is 19.3 Å². The summed E-state index contributed by atoms with van der Waals surface area (Å²) in [6.07, 6.45) is 5.59. The van der Waals surface area contributed by atoms with Gasteiger partial charge in [-0.15, -0.1) is 0 Å². The number of H-pyrrole nitrogens is 1. The summed E-state index contributed by atoms with van der Waals surface area (Å²) in [5.41, 5.74) is 2.56. The highest BCUT2D eigenvalue weighted by Crippen LogP contribution is 2.34. The van der Waals surface area contributed by atoms with Crippen LogP contribution in [0.3, 0.4) is 0 Å². The van der Waals surface area contributed by atoms with E-state index in [9.17, 15) is 9.59 Å². The largest absolute Gasteiger partial charge is 0.454 e. The first-order valence-electron chi connectivity index (χ1n) is 9.64. The zero-order chi connectivity index (χ0) is 19.1. The minimum atomic E-state index is -0.243. The number of amides is 1. The van der Waals surface area contributed by atoms with E-state index in [0.29, 0.717) is 28.3 Å². The molecule has 28 heavy (non-hydrogen) atoms. The van der Waals surface area contributed by atoms with Gasteiger partial charge >= 0.3 is 5.69 Å². The normalized spacial score (nSPS) is 16.4. The van der Waals surface area contributed by atoms with Crippen molar-refractivity contribution in [3.05, 3.63) is 52.4 Å². The SMILES string of the molecule is O=C(Nc1ccc2c(c1)OCO2)c1ccc2c(c1)[nH]c(=O)n2C1CCCCC1. The molecule has 0 unspecified atom stereocenters. The van der Waals surface area contributed by atoms with Crippen LogP contribution in [0.25, 0.3) is 11.0 Å². The highest BCUT2D eigenvalue weighted by atomic mass is 16.7. The Labute approximate surface area is 161 Å². The van der Waals surface area contributed by atoms with Gasteiger partial charge in [0, 0.05) is 23.4 Å². The fourth-order valence-corrected chi connectivity index (χ4v) is 4.15. The highest BCUT2D eigenvalue weighted by molar-refractivity contribution is 6.06. The number of imidazole rings is 1. The average molecular weight is 379 g/mol. The van der Waals surface area contributed by atoms with Crippen LogP contribution in [-0.4, -0.2) is 22.3 Å². The van der Waals surface area contributed by atoms with Crippen LogP contribution in [0.5, 0.6) is 11.5 Å². The number of ether oxygens (including phenoxy) is 2. The van der Waals surface area contributed by atoms with Crippen molar-refractivity contribution < 1.29 is 14.3 Å². The van der Waals surface area contributed by atoms with Crippen molar-refractivity contribution in [2.24, 2.45) is 0 Å². The van der Waals surface area contributed by atoms with E-state index in [4.69, 9.17) is 9.47 Å². The first-order valence-corrected chi connectivity index (χ1v) is 9.64. The van der Waals surface area contributed by atoms with E-state index in [1.54, 1.807) is 30.3 Å². The number of carbonyl (C=O) groups excluding carboxylic acids is 1. The van der Waals surface area contributed by atoms with E-state index in [2.05, 4.69) is 10.3 Å². The van der Waals surface area contributed by atoms with E-state index < -0.39 is 0 Å². The molecular formula is C21H21N3O4. The topological polar surface area (TPSA) is 85.3 Å². The predicted octanol–water partition coefficient (Wildman–Crippen LogP) is 3.82. The molecule has 1 aliphatic carbocycles. The molecule has 1 saturated carbocycles. The van der Waals surface area contributed by atoms with Gasteiger partial charge in [-0.05, 0) is 43.2 Å². The molecule has 3 aromatic rings. The summed E-state index contributed by atoms with van der Waals surface area (Å²) in [6.45, 7) is 0.189. The molecule has 0 saturated heterocycles. The summed E-state index contributed by atoms with van der Waals surface area (Å²) < 4.78 is 12.5. The second-order valence-corrected chi connectivity index (χ2v) is 7.35. The van der Waals surface area contributed by atoms with Crippen LogP contribution < -0.4 is 20.5 Å². The summed E-state index contributed by atoms with van der Waals surface area (Å²) in [5.74, 6) is 1.04. The van der Waals surface area contributed by atoms with Gasteiger partial charge in [-0.2, -0.15) is 0 Å². The molecule has 2 aliphatic rings. The Bertz CT molecular complexity index is 1110. The van der Waals surface area contributed by atoms with Crippen molar-refractivity contribution in [1.29, 1.82) is 0 Å². The Morgan fingerprint density at radius 3 is 2.71 bits per heavy atom. The van der Waals surface area contributed by atoms with Crippen molar-refractivity contribution >= 4 is 22.6 Å². The molecule has 1 fully saturated rings. The Balaban J connectivity index is 1.41. The first kappa shape index (κ1) is 16.9. The molecule has 5 rings (SSSR count). The van der Waals surface area contributed by atoms with Gasteiger partial charge < -0.3 is 19.8 Å². The number of aromatic amines is 1. The number of benzene rings is 2. The number of fused-ring (bicyclic) bond motifs is 2. The lowest BCUT2D eigenvalue weighted by Gasteiger charge is -2.22. The fraction of sp³-hybridized carbons (Fsp3) is 0.333. The molecule has 1 aliphatic heterocycles.